The summed E-state index contributed by atoms with van der Waals surface area (Å²) in [6, 6.07) is 11.0. The number of amides is 1. The molecule has 0 bridgehead atoms. The van der Waals surface area contributed by atoms with Gasteiger partial charge in [0.2, 0.25) is 11.7 Å². The normalized spacial score (nSPS) is 16.8. The minimum atomic E-state index is -4.79. The van der Waals surface area contributed by atoms with Crippen LogP contribution in [0.1, 0.15) is 29.1 Å². The highest BCUT2D eigenvalue weighted by Crippen LogP contribution is 2.26. The van der Waals surface area contributed by atoms with E-state index >= 15 is 0 Å². The third-order valence-corrected chi connectivity index (χ3v) is 5.19. The highest BCUT2D eigenvalue weighted by molar-refractivity contribution is 5.94. The number of likely N-dealkylation sites (tertiary alicyclic amines) is 1. The number of alkyl halides is 3. The summed E-state index contributed by atoms with van der Waals surface area (Å²) in [4.78, 5) is 18.7. The number of piperidine rings is 1. The van der Waals surface area contributed by atoms with Gasteiger partial charge in [-0.05, 0) is 55.2 Å². The first-order valence-corrected chi connectivity index (χ1v) is 10.0. The van der Waals surface area contributed by atoms with Crippen molar-refractivity contribution in [3.05, 3.63) is 65.8 Å². The summed E-state index contributed by atoms with van der Waals surface area (Å²) in [5, 5.41) is 3.85. The molecule has 0 N–H and O–H groups in total. The summed E-state index contributed by atoms with van der Waals surface area (Å²) in [7, 11) is 0. The van der Waals surface area contributed by atoms with Crippen molar-refractivity contribution in [3.8, 4) is 17.1 Å². The average molecular weight is 449 g/mol. The van der Waals surface area contributed by atoms with Gasteiger partial charge in [-0.15, -0.1) is 13.2 Å². The smallest absolute Gasteiger partial charge is 0.406 e. The van der Waals surface area contributed by atoms with Gasteiger partial charge in [0.15, 0.2) is 0 Å². The number of halogens is 4. The maximum absolute atomic E-state index is 13.9. The molecule has 0 aliphatic carbocycles. The second-order valence-electron chi connectivity index (χ2n) is 7.53. The van der Waals surface area contributed by atoms with Crippen LogP contribution in [0.15, 0.2) is 53.1 Å². The molecule has 1 atom stereocenters. The maximum Gasteiger partial charge on any atom is 0.573 e. The van der Waals surface area contributed by atoms with Gasteiger partial charge < -0.3 is 14.2 Å². The van der Waals surface area contributed by atoms with Crippen molar-refractivity contribution < 1.29 is 31.6 Å². The lowest BCUT2D eigenvalue weighted by Crippen LogP contribution is -2.40. The molecule has 1 saturated heterocycles. The SMILES string of the molecule is O=C(c1ccc(OC(F)(F)F)cc1)N1CCCC(Cc2nc(-c3ccccc3F)no2)C1. The predicted octanol–water partition coefficient (Wildman–Crippen LogP) is 4.87. The van der Waals surface area contributed by atoms with Crippen molar-refractivity contribution in [2.24, 2.45) is 5.92 Å². The predicted molar refractivity (Wildman–Crippen MR) is 105 cm³/mol. The van der Waals surface area contributed by atoms with E-state index in [0.717, 1.165) is 25.0 Å². The third kappa shape index (κ3) is 5.24. The van der Waals surface area contributed by atoms with Crippen molar-refractivity contribution in [1.29, 1.82) is 0 Å². The first-order chi connectivity index (χ1) is 15.3. The number of hydrogen-bond donors (Lipinski definition) is 0. The van der Waals surface area contributed by atoms with Crippen LogP contribution in [-0.2, 0) is 6.42 Å². The molecule has 1 aromatic heterocycles. The average Bonchev–Trinajstić information content (AvgIpc) is 3.21. The maximum atomic E-state index is 13.9. The molecular weight excluding hydrogens is 430 g/mol. The molecule has 2 heterocycles. The summed E-state index contributed by atoms with van der Waals surface area (Å²) < 4.78 is 59.9. The lowest BCUT2D eigenvalue weighted by molar-refractivity contribution is -0.274. The van der Waals surface area contributed by atoms with E-state index in [1.54, 1.807) is 23.1 Å². The molecule has 0 radical (unpaired) electrons. The molecular formula is C22H19F4N3O3. The molecule has 10 heteroatoms. The van der Waals surface area contributed by atoms with Gasteiger partial charge >= 0.3 is 6.36 Å². The lowest BCUT2D eigenvalue weighted by atomic mass is 9.94. The van der Waals surface area contributed by atoms with Crippen LogP contribution in [0.25, 0.3) is 11.4 Å². The van der Waals surface area contributed by atoms with E-state index in [-0.39, 0.29) is 34.5 Å². The van der Waals surface area contributed by atoms with Crippen LogP contribution < -0.4 is 4.74 Å². The fourth-order valence-corrected chi connectivity index (χ4v) is 3.73. The minimum Gasteiger partial charge on any atom is -0.406 e. The van der Waals surface area contributed by atoms with E-state index in [4.69, 9.17) is 4.52 Å². The molecule has 1 aliphatic rings. The highest BCUT2D eigenvalue weighted by atomic mass is 19.4. The summed E-state index contributed by atoms with van der Waals surface area (Å²) in [6.07, 6.45) is -2.74. The lowest BCUT2D eigenvalue weighted by Gasteiger charge is -2.32. The first kappa shape index (κ1) is 21.8. The summed E-state index contributed by atoms with van der Waals surface area (Å²) in [5.74, 6) is -0.506. The van der Waals surface area contributed by atoms with Gasteiger partial charge in [-0.3, -0.25) is 4.79 Å². The number of benzene rings is 2. The van der Waals surface area contributed by atoms with E-state index in [0.29, 0.717) is 25.4 Å². The molecule has 168 valence electrons. The second kappa shape index (κ2) is 8.97. The molecule has 2 aromatic carbocycles. The highest BCUT2D eigenvalue weighted by Gasteiger charge is 2.31. The van der Waals surface area contributed by atoms with Crippen molar-refractivity contribution in [2.45, 2.75) is 25.6 Å². The molecule has 3 aromatic rings. The monoisotopic (exact) mass is 449 g/mol. The Labute approximate surface area is 180 Å². The van der Waals surface area contributed by atoms with Crippen molar-refractivity contribution in [3.63, 3.8) is 0 Å². The van der Waals surface area contributed by atoms with Crippen molar-refractivity contribution >= 4 is 5.91 Å². The number of rotatable bonds is 5. The number of nitrogens with zero attached hydrogens (tertiary/aromatic N) is 3. The molecule has 1 unspecified atom stereocenters. The molecule has 0 saturated carbocycles. The van der Waals surface area contributed by atoms with Gasteiger partial charge in [-0.1, -0.05) is 17.3 Å². The Hall–Kier alpha value is -3.43. The van der Waals surface area contributed by atoms with Crippen LogP contribution in [0.2, 0.25) is 0 Å². The van der Waals surface area contributed by atoms with Gasteiger partial charge in [0.05, 0.1) is 5.56 Å². The van der Waals surface area contributed by atoms with Crippen molar-refractivity contribution in [2.75, 3.05) is 13.1 Å². The van der Waals surface area contributed by atoms with Crippen LogP contribution in [0.4, 0.5) is 17.6 Å². The number of hydrogen-bond acceptors (Lipinski definition) is 5. The number of aromatic nitrogens is 2. The molecule has 6 nitrogen and oxygen atoms in total. The van der Waals surface area contributed by atoms with Gasteiger partial charge in [0, 0.05) is 25.1 Å². The Kier molecular flexibility index (Phi) is 6.11. The molecule has 4 rings (SSSR count). The zero-order valence-corrected chi connectivity index (χ0v) is 16.8. The van der Waals surface area contributed by atoms with E-state index in [2.05, 4.69) is 14.9 Å². The quantitative estimate of drug-likeness (QED) is 0.520. The number of ether oxygens (including phenoxy) is 1. The zero-order chi connectivity index (χ0) is 22.7. The fourth-order valence-electron chi connectivity index (χ4n) is 3.73. The van der Waals surface area contributed by atoms with Crippen molar-refractivity contribution in [1.82, 2.24) is 15.0 Å². The summed E-state index contributed by atoms with van der Waals surface area (Å²) >= 11 is 0. The zero-order valence-electron chi connectivity index (χ0n) is 16.8. The second-order valence-corrected chi connectivity index (χ2v) is 7.53. The molecule has 1 fully saturated rings. The topological polar surface area (TPSA) is 68.5 Å². The van der Waals surface area contributed by atoms with E-state index in [9.17, 15) is 22.4 Å². The minimum absolute atomic E-state index is 0.0643. The molecule has 0 spiro atoms. The van der Waals surface area contributed by atoms with Gasteiger partial charge in [-0.25, -0.2) is 4.39 Å². The first-order valence-electron chi connectivity index (χ1n) is 10.0. The number of carbonyl (C=O) groups is 1. The van der Waals surface area contributed by atoms with Crippen LogP contribution in [0.5, 0.6) is 5.75 Å². The van der Waals surface area contributed by atoms with Crippen LogP contribution in [0, 0.1) is 11.7 Å². The number of carbonyl (C=O) groups excluding carboxylic acids is 1. The molecule has 32 heavy (non-hydrogen) atoms. The Morgan fingerprint density at radius 3 is 2.62 bits per heavy atom. The van der Waals surface area contributed by atoms with Crippen LogP contribution >= 0.6 is 0 Å². The van der Waals surface area contributed by atoms with E-state index in [1.807, 2.05) is 0 Å². The van der Waals surface area contributed by atoms with E-state index < -0.39 is 12.2 Å². The van der Waals surface area contributed by atoms with E-state index in [1.165, 1.54) is 18.2 Å². The Morgan fingerprint density at radius 2 is 1.91 bits per heavy atom. The van der Waals surface area contributed by atoms with Crippen LogP contribution in [-0.4, -0.2) is 40.4 Å². The van der Waals surface area contributed by atoms with Gasteiger partial charge in [0.25, 0.3) is 5.91 Å². The Bertz CT molecular complexity index is 1080. The largest absolute Gasteiger partial charge is 0.573 e. The standard InChI is InChI=1S/C22H19F4N3O3/c23-18-6-2-1-5-17(18)20-27-19(32-28-20)12-14-4-3-11-29(13-14)21(30)15-7-9-16(10-8-15)31-22(24,25)26/h1-2,5-10,14H,3-4,11-13H2. The summed E-state index contributed by atoms with van der Waals surface area (Å²) in [6.45, 7) is 0.984. The molecule has 1 aliphatic heterocycles. The Balaban J connectivity index is 1.38. The fraction of sp³-hybridized carbons (Fsp3) is 0.318. The Morgan fingerprint density at radius 1 is 1.16 bits per heavy atom. The van der Waals surface area contributed by atoms with Crippen LogP contribution in [0.3, 0.4) is 0 Å². The summed E-state index contributed by atoms with van der Waals surface area (Å²) in [5.41, 5.74) is 0.528. The third-order valence-electron chi connectivity index (χ3n) is 5.19. The molecule has 1 amide bonds. The van der Waals surface area contributed by atoms with Gasteiger partial charge in [0.1, 0.15) is 11.6 Å². The van der Waals surface area contributed by atoms with Gasteiger partial charge in [-0.2, -0.15) is 4.98 Å².